The van der Waals surface area contributed by atoms with Crippen molar-refractivity contribution in [2.24, 2.45) is 7.05 Å². The number of aliphatic carboxylic acids is 1. The van der Waals surface area contributed by atoms with Gasteiger partial charge in [0.25, 0.3) is 0 Å². The Morgan fingerprint density at radius 3 is 2.62 bits per heavy atom. The average molecular weight is 287 g/mol. The minimum absolute atomic E-state index is 0.443. The van der Waals surface area contributed by atoms with Crippen LogP contribution in [0.1, 0.15) is 24.6 Å². The molecule has 0 aliphatic carbocycles. The van der Waals surface area contributed by atoms with Crippen LogP contribution in [0.2, 0.25) is 0 Å². The first-order chi connectivity index (χ1) is 9.99. The largest absolute Gasteiger partial charge is 0.480 e. The predicted molar refractivity (Wildman–Crippen MR) is 80.9 cm³/mol. The van der Waals surface area contributed by atoms with Crippen LogP contribution in [0.25, 0.3) is 0 Å². The fraction of sp³-hybridized carbons (Fsp3) is 0.375. The van der Waals surface area contributed by atoms with E-state index in [1.807, 2.05) is 49.6 Å². The number of hydrogen-bond donors (Lipinski definition) is 2. The first-order valence-corrected chi connectivity index (χ1v) is 7.00. The number of carboxylic acids is 1. The van der Waals surface area contributed by atoms with Gasteiger partial charge in [0.05, 0.1) is 5.69 Å². The van der Waals surface area contributed by atoms with Gasteiger partial charge in [0.1, 0.15) is 5.54 Å². The maximum Gasteiger partial charge on any atom is 0.323 e. The van der Waals surface area contributed by atoms with Crippen LogP contribution < -0.4 is 5.32 Å². The number of aryl methyl sites for hydroxylation is 2. The van der Waals surface area contributed by atoms with E-state index >= 15 is 0 Å². The normalized spacial score (nSPS) is 13.8. The molecular weight excluding hydrogens is 266 g/mol. The number of benzene rings is 1. The summed E-state index contributed by atoms with van der Waals surface area (Å²) in [5.41, 5.74) is 1.02. The van der Waals surface area contributed by atoms with Crippen molar-refractivity contribution in [1.29, 1.82) is 0 Å². The SMILES string of the molecule is Cn1ccc(CNC(C)(CCc2ccccc2)C(=O)O)n1. The lowest BCUT2D eigenvalue weighted by molar-refractivity contribution is -0.144. The highest BCUT2D eigenvalue weighted by molar-refractivity contribution is 5.78. The van der Waals surface area contributed by atoms with Crippen molar-refractivity contribution in [2.75, 3.05) is 0 Å². The molecule has 1 unspecified atom stereocenters. The van der Waals surface area contributed by atoms with Gasteiger partial charge in [-0.25, -0.2) is 0 Å². The molecule has 0 saturated carbocycles. The van der Waals surface area contributed by atoms with Crippen LogP contribution in [0.15, 0.2) is 42.6 Å². The van der Waals surface area contributed by atoms with Gasteiger partial charge in [0, 0.05) is 19.8 Å². The highest BCUT2D eigenvalue weighted by atomic mass is 16.4. The zero-order chi connectivity index (χ0) is 15.3. The van der Waals surface area contributed by atoms with Crippen molar-refractivity contribution in [3.63, 3.8) is 0 Å². The topological polar surface area (TPSA) is 67.2 Å². The zero-order valence-corrected chi connectivity index (χ0v) is 12.4. The van der Waals surface area contributed by atoms with Gasteiger partial charge < -0.3 is 5.11 Å². The summed E-state index contributed by atoms with van der Waals surface area (Å²) in [6.07, 6.45) is 3.09. The molecule has 0 saturated heterocycles. The minimum Gasteiger partial charge on any atom is -0.480 e. The minimum atomic E-state index is -0.965. The van der Waals surface area contributed by atoms with E-state index in [9.17, 15) is 9.90 Å². The average Bonchev–Trinajstić information content (AvgIpc) is 2.90. The monoisotopic (exact) mass is 287 g/mol. The summed E-state index contributed by atoms with van der Waals surface area (Å²) in [6, 6.07) is 11.8. The summed E-state index contributed by atoms with van der Waals surface area (Å²) in [5, 5.41) is 16.9. The molecule has 21 heavy (non-hydrogen) atoms. The number of rotatable bonds is 7. The molecule has 0 radical (unpaired) electrons. The first kappa shape index (κ1) is 15.3. The van der Waals surface area contributed by atoms with Crippen LogP contribution >= 0.6 is 0 Å². The number of nitrogens with one attached hydrogen (secondary N) is 1. The Morgan fingerprint density at radius 1 is 1.33 bits per heavy atom. The third-order valence-electron chi connectivity index (χ3n) is 3.66. The summed E-state index contributed by atoms with van der Waals surface area (Å²) >= 11 is 0. The fourth-order valence-electron chi connectivity index (χ4n) is 2.15. The molecule has 5 nitrogen and oxygen atoms in total. The predicted octanol–water partition coefficient (Wildman–Crippen LogP) is 1.99. The van der Waals surface area contributed by atoms with E-state index in [1.54, 1.807) is 11.6 Å². The maximum absolute atomic E-state index is 11.6. The molecule has 0 spiro atoms. The van der Waals surface area contributed by atoms with E-state index in [1.165, 1.54) is 0 Å². The third-order valence-corrected chi connectivity index (χ3v) is 3.66. The number of carboxylic acid groups (broad SMARTS) is 1. The molecule has 1 atom stereocenters. The van der Waals surface area contributed by atoms with Crippen LogP contribution in [0.3, 0.4) is 0 Å². The van der Waals surface area contributed by atoms with Gasteiger partial charge in [-0.3, -0.25) is 14.8 Å². The molecule has 1 aromatic heterocycles. The van der Waals surface area contributed by atoms with Crippen molar-refractivity contribution in [3.8, 4) is 0 Å². The summed E-state index contributed by atoms with van der Waals surface area (Å²) in [7, 11) is 1.84. The van der Waals surface area contributed by atoms with Crippen LogP contribution in [-0.4, -0.2) is 26.4 Å². The molecule has 0 aliphatic rings. The van der Waals surface area contributed by atoms with Gasteiger partial charge in [-0.05, 0) is 31.4 Å². The molecule has 2 N–H and O–H groups in total. The van der Waals surface area contributed by atoms with E-state index in [0.29, 0.717) is 13.0 Å². The molecule has 5 heteroatoms. The number of nitrogens with zero attached hydrogens (tertiary/aromatic N) is 2. The molecule has 1 aromatic carbocycles. The van der Waals surface area contributed by atoms with Crippen molar-refractivity contribution >= 4 is 5.97 Å². The van der Waals surface area contributed by atoms with Gasteiger partial charge in [0.2, 0.25) is 0 Å². The maximum atomic E-state index is 11.6. The molecule has 2 aromatic rings. The summed E-state index contributed by atoms with van der Waals surface area (Å²) in [5.74, 6) is -0.839. The Balaban J connectivity index is 1.97. The zero-order valence-electron chi connectivity index (χ0n) is 12.4. The standard InChI is InChI=1S/C16H21N3O2/c1-16(15(20)21,10-8-13-6-4-3-5-7-13)17-12-14-9-11-19(2)18-14/h3-7,9,11,17H,8,10,12H2,1-2H3,(H,20,21). The Bertz CT molecular complexity index is 595. The Labute approximate surface area is 124 Å². The highest BCUT2D eigenvalue weighted by Crippen LogP contribution is 2.15. The number of aromatic nitrogens is 2. The van der Waals surface area contributed by atoms with Gasteiger partial charge in [-0.2, -0.15) is 5.10 Å². The number of hydrogen-bond acceptors (Lipinski definition) is 3. The second kappa shape index (κ2) is 6.54. The van der Waals surface area contributed by atoms with E-state index in [0.717, 1.165) is 17.7 Å². The summed E-state index contributed by atoms with van der Waals surface area (Å²) in [6.45, 7) is 2.17. The molecule has 112 valence electrons. The van der Waals surface area contributed by atoms with E-state index < -0.39 is 11.5 Å². The molecule has 0 aliphatic heterocycles. The van der Waals surface area contributed by atoms with Gasteiger partial charge >= 0.3 is 5.97 Å². The van der Waals surface area contributed by atoms with Crippen LogP contribution in [-0.2, 0) is 24.8 Å². The smallest absolute Gasteiger partial charge is 0.323 e. The fourth-order valence-corrected chi connectivity index (χ4v) is 2.15. The van der Waals surface area contributed by atoms with Crippen LogP contribution in [0.4, 0.5) is 0 Å². The quantitative estimate of drug-likeness (QED) is 0.817. The number of carbonyl (C=O) groups is 1. The molecule has 0 amide bonds. The second-order valence-electron chi connectivity index (χ2n) is 5.46. The van der Waals surface area contributed by atoms with E-state index in [-0.39, 0.29) is 0 Å². The Morgan fingerprint density at radius 2 is 2.05 bits per heavy atom. The first-order valence-electron chi connectivity index (χ1n) is 7.00. The van der Waals surface area contributed by atoms with E-state index in [2.05, 4.69) is 10.4 Å². The van der Waals surface area contributed by atoms with Gasteiger partial charge in [-0.1, -0.05) is 30.3 Å². The van der Waals surface area contributed by atoms with E-state index in [4.69, 9.17) is 0 Å². The van der Waals surface area contributed by atoms with Crippen LogP contribution in [0, 0.1) is 0 Å². The lowest BCUT2D eigenvalue weighted by Crippen LogP contribution is -2.49. The van der Waals surface area contributed by atoms with Gasteiger partial charge in [0.15, 0.2) is 0 Å². The van der Waals surface area contributed by atoms with Crippen molar-refractivity contribution in [2.45, 2.75) is 31.8 Å². The molecule has 0 bridgehead atoms. The van der Waals surface area contributed by atoms with Crippen molar-refractivity contribution < 1.29 is 9.90 Å². The molecule has 2 rings (SSSR count). The molecule has 0 fully saturated rings. The summed E-state index contributed by atoms with van der Waals surface area (Å²) in [4.78, 5) is 11.6. The highest BCUT2D eigenvalue weighted by Gasteiger charge is 2.32. The third kappa shape index (κ3) is 4.16. The Hall–Kier alpha value is -2.14. The Kier molecular flexibility index (Phi) is 4.75. The van der Waals surface area contributed by atoms with Gasteiger partial charge in [-0.15, -0.1) is 0 Å². The lowest BCUT2D eigenvalue weighted by Gasteiger charge is -2.26. The summed E-state index contributed by atoms with van der Waals surface area (Å²) < 4.78 is 1.71. The second-order valence-corrected chi connectivity index (χ2v) is 5.46. The van der Waals surface area contributed by atoms with Crippen molar-refractivity contribution in [1.82, 2.24) is 15.1 Å². The molecule has 1 heterocycles. The lowest BCUT2D eigenvalue weighted by atomic mass is 9.93. The van der Waals surface area contributed by atoms with Crippen molar-refractivity contribution in [3.05, 3.63) is 53.9 Å². The molecular formula is C16H21N3O2. The van der Waals surface area contributed by atoms with Crippen LogP contribution in [0.5, 0.6) is 0 Å².